The van der Waals surface area contributed by atoms with E-state index in [9.17, 15) is 4.79 Å². The summed E-state index contributed by atoms with van der Waals surface area (Å²) in [6.07, 6.45) is 6.83. The first kappa shape index (κ1) is 23.2. The van der Waals surface area contributed by atoms with E-state index in [4.69, 9.17) is 11.6 Å². The highest BCUT2D eigenvalue weighted by Gasteiger charge is 2.36. The standard InChI is InChI=1S/C29H29ClN4OS/c1-32(2)22-15-9-19(10-16-22)27-25-7-5-17-33(25)28-24(23-6-3-4-8-26(23)36-28)18-34(27)29(35)31-21-13-11-20(30)12-14-21/h5,7,9-17,27H,3-4,6,8,18H2,1-2H3,(H,31,35). The molecule has 7 heteroatoms. The van der Waals surface area contributed by atoms with E-state index in [1.165, 1.54) is 33.8 Å². The predicted molar refractivity (Wildman–Crippen MR) is 149 cm³/mol. The van der Waals surface area contributed by atoms with Crippen LogP contribution in [0.4, 0.5) is 16.2 Å². The number of rotatable bonds is 3. The van der Waals surface area contributed by atoms with Crippen LogP contribution in [0.2, 0.25) is 5.02 Å². The molecule has 3 heterocycles. The van der Waals surface area contributed by atoms with Crippen LogP contribution in [0.25, 0.3) is 5.00 Å². The molecule has 184 valence electrons. The summed E-state index contributed by atoms with van der Waals surface area (Å²) in [5.41, 5.74) is 6.82. The molecule has 0 bridgehead atoms. The van der Waals surface area contributed by atoms with Crippen LogP contribution in [0.5, 0.6) is 0 Å². The van der Waals surface area contributed by atoms with Gasteiger partial charge in [0.15, 0.2) is 0 Å². The monoisotopic (exact) mass is 516 g/mol. The lowest BCUT2D eigenvalue weighted by Crippen LogP contribution is -2.38. The number of fused-ring (bicyclic) bond motifs is 5. The number of urea groups is 1. The zero-order valence-electron chi connectivity index (χ0n) is 20.5. The Morgan fingerprint density at radius 3 is 2.50 bits per heavy atom. The molecule has 5 nitrogen and oxygen atoms in total. The van der Waals surface area contributed by atoms with Gasteiger partial charge in [0.05, 0.1) is 18.3 Å². The molecule has 1 aliphatic carbocycles. The number of anilines is 2. The number of thiophene rings is 1. The number of aromatic nitrogens is 1. The van der Waals surface area contributed by atoms with Crippen LogP contribution >= 0.6 is 22.9 Å². The van der Waals surface area contributed by atoms with Crippen LogP contribution in [-0.2, 0) is 19.4 Å². The fourth-order valence-electron chi connectivity index (χ4n) is 5.42. The first-order valence-corrected chi connectivity index (χ1v) is 13.6. The summed E-state index contributed by atoms with van der Waals surface area (Å²) < 4.78 is 2.32. The number of hydrogen-bond donors (Lipinski definition) is 1. The van der Waals surface area contributed by atoms with E-state index in [0.717, 1.165) is 35.5 Å². The third kappa shape index (κ3) is 4.08. The van der Waals surface area contributed by atoms with Crippen LogP contribution < -0.4 is 10.2 Å². The van der Waals surface area contributed by atoms with E-state index in [0.29, 0.717) is 11.6 Å². The average Bonchev–Trinajstić information content (AvgIpc) is 3.47. The van der Waals surface area contributed by atoms with Crippen molar-refractivity contribution in [1.29, 1.82) is 0 Å². The van der Waals surface area contributed by atoms with Gasteiger partial charge < -0.3 is 19.7 Å². The second-order valence-corrected chi connectivity index (χ2v) is 11.3. The molecule has 2 aromatic carbocycles. The minimum Gasteiger partial charge on any atom is -0.378 e. The van der Waals surface area contributed by atoms with Gasteiger partial charge in [-0.3, -0.25) is 0 Å². The number of nitrogens with one attached hydrogen (secondary N) is 1. The molecule has 0 spiro atoms. The Kier molecular flexibility index (Phi) is 6.02. The molecule has 2 aliphatic rings. The minimum absolute atomic E-state index is 0.115. The van der Waals surface area contributed by atoms with Crippen molar-refractivity contribution in [3.8, 4) is 5.00 Å². The number of carbonyl (C=O) groups excluding carboxylic acids is 1. The zero-order chi connectivity index (χ0) is 24.8. The zero-order valence-corrected chi connectivity index (χ0v) is 22.1. The minimum atomic E-state index is -0.220. The summed E-state index contributed by atoms with van der Waals surface area (Å²) in [4.78, 5) is 19.5. The molecule has 1 aliphatic heterocycles. The number of carbonyl (C=O) groups is 1. The molecule has 1 N–H and O–H groups in total. The van der Waals surface area contributed by atoms with Crippen molar-refractivity contribution in [2.45, 2.75) is 38.3 Å². The molecule has 2 amide bonds. The van der Waals surface area contributed by atoms with Gasteiger partial charge in [0.2, 0.25) is 0 Å². The summed E-state index contributed by atoms with van der Waals surface area (Å²) in [7, 11) is 4.08. The molecule has 4 aromatic rings. The maximum absolute atomic E-state index is 14.0. The molecular formula is C29H29ClN4OS. The number of amides is 2. The van der Waals surface area contributed by atoms with Gasteiger partial charge in [-0.2, -0.15) is 0 Å². The van der Waals surface area contributed by atoms with Crippen molar-refractivity contribution in [2.75, 3.05) is 24.3 Å². The van der Waals surface area contributed by atoms with E-state index in [2.05, 4.69) is 57.4 Å². The van der Waals surface area contributed by atoms with E-state index < -0.39 is 0 Å². The van der Waals surface area contributed by atoms with E-state index in [-0.39, 0.29) is 12.1 Å². The van der Waals surface area contributed by atoms with E-state index in [1.54, 1.807) is 12.1 Å². The van der Waals surface area contributed by atoms with Crippen molar-refractivity contribution in [2.24, 2.45) is 0 Å². The van der Waals surface area contributed by atoms with Crippen LogP contribution in [-0.4, -0.2) is 29.6 Å². The van der Waals surface area contributed by atoms with Crippen molar-refractivity contribution in [3.05, 3.63) is 99.1 Å². The lowest BCUT2D eigenvalue weighted by Gasteiger charge is -2.31. The molecule has 6 rings (SSSR count). The third-order valence-electron chi connectivity index (χ3n) is 7.26. The molecule has 1 atom stereocenters. The van der Waals surface area contributed by atoms with E-state index >= 15 is 0 Å². The quantitative estimate of drug-likeness (QED) is 0.311. The van der Waals surface area contributed by atoms with Crippen molar-refractivity contribution in [1.82, 2.24) is 9.47 Å². The fourth-order valence-corrected chi connectivity index (χ4v) is 6.95. The second-order valence-electron chi connectivity index (χ2n) is 9.75. The number of hydrogen-bond acceptors (Lipinski definition) is 3. The van der Waals surface area contributed by atoms with Crippen LogP contribution in [0, 0.1) is 0 Å². The first-order chi connectivity index (χ1) is 17.5. The molecular weight excluding hydrogens is 488 g/mol. The Balaban J connectivity index is 1.48. The number of benzene rings is 2. The molecule has 36 heavy (non-hydrogen) atoms. The van der Waals surface area contributed by atoms with Crippen molar-refractivity contribution in [3.63, 3.8) is 0 Å². The Labute approximate surface area is 220 Å². The Morgan fingerprint density at radius 1 is 1.00 bits per heavy atom. The molecule has 2 aromatic heterocycles. The van der Waals surface area contributed by atoms with Crippen LogP contribution in [0.3, 0.4) is 0 Å². The van der Waals surface area contributed by atoms with Crippen molar-refractivity contribution >= 4 is 40.3 Å². The lowest BCUT2D eigenvalue weighted by atomic mass is 9.95. The summed E-state index contributed by atoms with van der Waals surface area (Å²) >= 11 is 7.99. The summed E-state index contributed by atoms with van der Waals surface area (Å²) in [5, 5.41) is 5.05. The highest BCUT2D eigenvalue weighted by Crippen LogP contribution is 2.44. The normalized spacial score (nSPS) is 16.5. The summed E-state index contributed by atoms with van der Waals surface area (Å²) in [5.74, 6) is 0. The van der Waals surface area contributed by atoms with Gasteiger partial charge in [-0.25, -0.2) is 4.79 Å². The van der Waals surface area contributed by atoms with Gasteiger partial charge in [-0.05, 0) is 85.3 Å². The Hall–Kier alpha value is -3.22. The van der Waals surface area contributed by atoms with Gasteiger partial charge in [0.25, 0.3) is 0 Å². The van der Waals surface area contributed by atoms with E-state index in [1.807, 2.05) is 42.5 Å². The number of nitrogens with zero attached hydrogens (tertiary/aromatic N) is 3. The van der Waals surface area contributed by atoms with Gasteiger partial charge in [0, 0.05) is 47.1 Å². The van der Waals surface area contributed by atoms with Gasteiger partial charge in [-0.1, -0.05) is 23.7 Å². The smallest absolute Gasteiger partial charge is 0.322 e. The second kappa shape index (κ2) is 9.34. The molecule has 0 radical (unpaired) electrons. The third-order valence-corrected chi connectivity index (χ3v) is 8.85. The number of aryl methyl sites for hydroxylation is 1. The van der Waals surface area contributed by atoms with Gasteiger partial charge >= 0.3 is 6.03 Å². The summed E-state index contributed by atoms with van der Waals surface area (Å²) in [6.45, 7) is 0.572. The first-order valence-electron chi connectivity index (χ1n) is 12.4. The maximum Gasteiger partial charge on any atom is 0.322 e. The maximum atomic E-state index is 14.0. The lowest BCUT2D eigenvalue weighted by molar-refractivity contribution is 0.194. The topological polar surface area (TPSA) is 40.5 Å². The van der Waals surface area contributed by atoms with Crippen LogP contribution in [0.1, 0.15) is 46.1 Å². The molecule has 1 unspecified atom stereocenters. The Morgan fingerprint density at radius 2 is 1.75 bits per heavy atom. The Bertz CT molecular complexity index is 1400. The SMILES string of the molecule is CN(C)c1ccc(C2c3cccn3-c3sc4c(c3CN2C(=O)Nc2ccc(Cl)cc2)CCCC4)cc1. The number of halogens is 1. The highest BCUT2D eigenvalue weighted by atomic mass is 35.5. The average molecular weight is 517 g/mol. The predicted octanol–water partition coefficient (Wildman–Crippen LogP) is 7.27. The molecule has 0 saturated carbocycles. The highest BCUT2D eigenvalue weighted by molar-refractivity contribution is 7.15. The molecule has 0 fully saturated rings. The summed E-state index contributed by atoms with van der Waals surface area (Å²) in [6, 6.07) is 19.8. The molecule has 0 saturated heterocycles. The largest absolute Gasteiger partial charge is 0.378 e. The van der Waals surface area contributed by atoms with Gasteiger partial charge in [0.1, 0.15) is 5.00 Å². The van der Waals surface area contributed by atoms with Crippen molar-refractivity contribution < 1.29 is 4.79 Å². The fraction of sp³-hybridized carbons (Fsp3) is 0.276. The van der Waals surface area contributed by atoms with Gasteiger partial charge in [-0.15, -0.1) is 11.3 Å². The van der Waals surface area contributed by atoms with Crippen LogP contribution in [0.15, 0.2) is 66.9 Å².